The maximum atomic E-state index is 4.57. The topological polar surface area (TPSA) is 24.9 Å². The van der Waals surface area contributed by atoms with Gasteiger partial charge in [0.1, 0.15) is 0 Å². The molecule has 1 unspecified atom stereocenters. The summed E-state index contributed by atoms with van der Waals surface area (Å²) in [5.41, 5.74) is 1.16. The van der Waals surface area contributed by atoms with Crippen molar-refractivity contribution in [3.8, 4) is 0 Å². The van der Waals surface area contributed by atoms with E-state index in [1.807, 2.05) is 0 Å². The van der Waals surface area contributed by atoms with Gasteiger partial charge in [0.2, 0.25) is 0 Å². The number of aryl methyl sites for hydroxylation is 1. The first-order chi connectivity index (χ1) is 7.99. The summed E-state index contributed by atoms with van der Waals surface area (Å²) in [6, 6.07) is 0. The Morgan fingerprint density at radius 2 is 1.94 bits per heavy atom. The minimum Gasteiger partial charge on any atom is -0.316 e. The van der Waals surface area contributed by atoms with Gasteiger partial charge in [0, 0.05) is 17.5 Å². The summed E-state index contributed by atoms with van der Waals surface area (Å²) in [6.07, 6.45) is 1.11. The number of hydrogen-bond donors (Lipinski definition) is 1. The van der Waals surface area contributed by atoms with E-state index in [1.165, 1.54) is 5.01 Å². The van der Waals surface area contributed by atoms with E-state index in [-0.39, 0.29) is 0 Å². The van der Waals surface area contributed by atoms with Crippen molar-refractivity contribution in [2.24, 2.45) is 17.8 Å². The van der Waals surface area contributed by atoms with Gasteiger partial charge in [-0.15, -0.1) is 11.3 Å². The largest absolute Gasteiger partial charge is 0.316 e. The van der Waals surface area contributed by atoms with Crippen molar-refractivity contribution in [2.45, 2.75) is 41.0 Å². The van der Waals surface area contributed by atoms with E-state index in [1.54, 1.807) is 11.3 Å². The molecule has 0 aromatic carbocycles. The number of rotatable bonds is 7. The predicted octanol–water partition coefficient (Wildman–Crippen LogP) is 3.51. The minimum absolute atomic E-state index is 0.694. The summed E-state index contributed by atoms with van der Waals surface area (Å²) in [6.45, 7) is 13.4. The molecule has 17 heavy (non-hydrogen) atoms. The van der Waals surface area contributed by atoms with Gasteiger partial charge in [0.25, 0.3) is 0 Å². The van der Waals surface area contributed by atoms with E-state index in [2.05, 4.69) is 50.3 Å². The second-order valence-corrected chi connectivity index (χ2v) is 6.59. The maximum Gasteiger partial charge on any atom is 0.0931 e. The van der Waals surface area contributed by atoms with Gasteiger partial charge < -0.3 is 5.32 Å². The standard InChI is InChI=1S/C14H26N2S/c1-10(2)7-15-8-13(11(3)4)6-14-16-12(5)9-17-14/h9-11,13,15H,6-8H2,1-5H3. The third-order valence-corrected chi connectivity index (χ3v) is 3.99. The van der Waals surface area contributed by atoms with Crippen LogP contribution in [0.15, 0.2) is 5.38 Å². The van der Waals surface area contributed by atoms with Crippen molar-refractivity contribution in [1.29, 1.82) is 0 Å². The zero-order valence-electron chi connectivity index (χ0n) is 11.8. The molecule has 2 nitrogen and oxygen atoms in total. The van der Waals surface area contributed by atoms with Crippen molar-refractivity contribution in [3.05, 3.63) is 16.1 Å². The van der Waals surface area contributed by atoms with Crippen molar-refractivity contribution in [1.82, 2.24) is 10.3 Å². The van der Waals surface area contributed by atoms with Gasteiger partial charge in [0.05, 0.1) is 5.01 Å². The number of nitrogens with zero attached hydrogens (tertiary/aromatic N) is 1. The van der Waals surface area contributed by atoms with Gasteiger partial charge in [-0.3, -0.25) is 0 Å². The van der Waals surface area contributed by atoms with E-state index in [0.717, 1.165) is 31.1 Å². The molecule has 0 saturated heterocycles. The average molecular weight is 254 g/mol. The smallest absolute Gasteiger partial charge is 0.0931 e. The summed E-state index contributed by atoms with van der Waals surface area (Å²) >= 11 is 1.80. The average Bonchev–Trinajstić information content (AvgIpc) is 2.62. The highest BCUT2D eigenvalue weighted by Gasteiger charge is 2.15. The van der Waals surface area contributed by atoms with Crippen molar-refractivity contribution < 1.29 is 0 Å². The molecule has 1 aromatic rings. The Morgan fingerprint density at radius 3 is 2.41 bits per heavy atom. The Kier molecular flexibility index (Phi) is 6.14. The maximum absolute atomic E-state index is 4.57. The molecule has 3 heteroatoms. The highest BCUT2D eigenvalue weighted by molar-refractivity contribution is 7.09. The Labute approximate surface area is 110 Å². The lowest BCUT2D eigenvalue weighted by Crippen LogP contribution is -2.30. The highest BCUT2D eigenvalue weighted by Crippen LogP contribution is 2.19. The molecule has 0 aliphatic carbocycles. The molecule has 0 saturated carbocycles. The molecule has 1 heterocycles. The molecule has 1 aromatic heterocycles. The second kappa shape index (κ2) is 7.12. The fourth-order valence-corrected chi connectivity index (χ4v) is 2.69. The molecule has 0 spiro atoms. The van der Waals surface area contributed by atoms with Crippen LogP contribution in [-0.4, -0.2) is 18.1 Å². The lowest BCUT2D eigenvalue weighted by molar-refractivity contribution is 0.352. The zero-order chi connectivity index (χ0) is 12.8. The second-order valence-electron chi connectivity index (χ2n) is 5.64. The quantitative estimate of drug-likeness (QED) is 0.805. The normalized spacial score (nSPS) is 13.6. The summed E-state index contributed by atoms with van der Waals surface area (Å²) in [5, 5.41) is 7.00. The Bertz CT molecular complexity index is 318. The fraction of sp³-hybridized carbons (Fsp3) is 0.786. The first-order valence-corrected chi connectivity index (χ1v) is 7.48. The van der Waals surface area contributed by atoms with E-state index in [4.69, 9.17) is 0 Å². The summed E-state index contributed by atoms with van der Waals surface area (Å²) in [5.74, 6) is 2.13. The molecule has 0 aliphatic heterocycles. The lowest BCUT2D eigenvalue weighted by atomic mass is 9.92. The van der Waals surface area contributed by atoms with Gasteiger partial charge in [-0.25, -0.2) is 4.98 Å². The number of nitrogens with one attached hydrogen (secondary N) is 1. The Hall–Kier alpha value is -0.410. The van der Waals surface area contributed by atoms with Gasteiger partial charge in [-0.2, -0.15) is 0 Å². The molecule has 1 N–H and O–H groups in total. The van der Waals surface area contributed by atoms with Crippen LogP contribution >= 0.6 is 11.3 Å². The molecule has 0 radical (unpaired) electrons. The SMILES string of the molecule is Cc1csc(CC(CNCC(C)C)C(C)C)n1. The van der Waals surface area contributed by atoms with Crippen LogP contribution in [0.4, 0.5) is 0 Å². The summed E-state index contributed by atoms with van der Waals surface area (Å²) in [7, 11) is 0. The molecule has 98 valence electrons. The third kappa shape index (κ3) is 5.64. The molecule has 1 rings (SSSR count). The Morgan fingerprint density at radius 1 is 1.24 bits per heavy atom. The van der Waals surface area contributed by atoms with Gasteiger partial charge in [-0.1, -0.05) is 27.7 Å². The van der Waals surface area contributed by atoms with Crippen LogP contribution in [-0.2, 0) is 6.42 Å². The van der Waals surface area contributed by atoms with Gasteiger partial charge >= 0.3 is 0 Å². The summed E-state index contributed by atoms with van der Waals surface area (Å²) in [4.78, 5) is 4.57. The van der Waals surface area contributed by atoms with E-state index in [0.29, 0.717) is 11.8 Å². The van der Waals surface area contributed by atoms with Gasteiger partial charge in [0.15, 0.2) is 0 Å². The predicted molar refractivity (Wildman–Crippen MR) is 76.6 cm³/mol. The number of hydrogen-bond acceptors (Lipinski definition) is 3. The van der Waals surface area contributed by atoms with Crippen molar-refractivity contribution in [2.75, 3.05) is 13.1 Å². The Balaban J connectivity index is 2.43. The van der Waals surface area contributed by atoms with E-state index >= 15 is 0 Å². The third-order valence-electron chi connectivity index (χ3n) is 3.01. The molecule has 0 aliphatic rings. The van der Waals surface area contributed by atoms with Crippen LogP contribution in [0.2, 0.25) is 0 Å². The summed E-state index contributed by atoms with van der Waals surface area (Å²) < 4.78 is 0. The molecule has 0 amide bonds. The zero-order valence-corrected chi connectivity index (χ0v) is 12.6. The molecular formula is C14H26N2S. The van der Waals surface area contributed by atoms with Crippen LogP contribution in [0.3, 0.4) is 0 Å². The first kappa shape index (κ1) is 14.7. The van der Waals surface area contributed by atoms with Crippen LogP contribution < -0.4 is 5.32 Å². The van der Waals surface area contributed by atoms with Crippen LogP contribution in [0.25, 0.3) is 0 Å². The number of thiazole rings is 1. The van der Waals surface area contributed by atoms with Crippen molar-refractivity contribution in [3.63, 3.8) is 0 Å². The molecule has 0 fully saturated rings. The fourth-order valence-electron chi connectivity index (χ4n) is 1.82. The molecule has 1 atom stereocenters. The highest BCUT2D eigenvalue weighted by atomic mass is 32.1. The van der Waals surface area contributed by atoms with Crippen LogP contribution in [0.5, 0.6) is 0 Å². The molecule has 0 bridgehead atoms. The monoisotopic (exact) mass is 254 g/mol. The molecular weight excluding hydrogens is 228 g/mol. The lowest BCUT2D eigenvalue weighted by Gasteiger charge is -2.21. The minimum atomic E-state index is 0.694. The van der Waals surface area contributed by atoms with Crippen molar-refractivity contribution >= 4 is 11.3 Å². The van der Waals surface area contributed by atoms with Crippen LogP contribution in [0, 0.1) is 24.7 Å². The number of aromatic nitrogens is 1. The van der Waals surface area contributed by atoms with Gasteiger partial charge in [-0.05, 0) is 37.8 Å². The van der Waals surface area contributed by atoms with E-state index < -0.39 is 0 Å². The first-order valence-electron chi connectivity index (χ1n) is 6.60. The van der Waals surface area contributed by atoms with E-state index in [9.17, 15) is 0 Å². The van der Waals surface area contributed by atoms with Crippen LogP contribution in [0.1, 0.15) is 38.4 Å².